The van der Waals surface area contributed by atoms with Crippen LogP contribution < -0.4 is 16.7 Å². The molecule has 2 aromatic carbocycles. The second-order valence-corrected chi connectivity index (χ2v) is 6.75. The van der Waals surface area contributed by atoms with Gasteiger partial charge in [0.15, 0.2) is 5.75 Å². The van der Waals surface area contributed by atoms with Crippen molar-refractivity contribution in [2.75, 3.05) is 0 Å². The summed E-state index contributed by atoms with van der Waals surface area (Å²) in [7, 11) is 0. The molecule has 0 saturated carbocycles. The lowest BCUT2D eigenvalue weighted by atomic mass is 10.0. The van der Waals surface area contributed by atoms with Crippen LogP contribution >= 0.6 is 0 Å². The molecule has 1 heterocycles. The summed E-state index contributed by atoms with van der Waals surface area (Å²) in [5, 5.41) is 32.9. The molecule has 31 heavy (non-hydrogen) atoms. The molecule has 0 aliphatic rings. The third-order valence-corrected chi connectivity index (χ3v) is 4.52. The SMILES string of the molecule is NC(=O)[C@H](Cc1ccc(O)c([N+](=O)[O-])c1)NC(=O)Cc1cc(=O)oc2cc(O)ccc12. The predicted molar refractivity (Wildman–Crippen MR) is 107 cm³/mol. The molecule has 1 aromatic heterocycles. The van der Waals surface area contributed by atoms with Crippen molar-refractivity contribution in [3.8, 4) is 11.5 Å². The van der Waals surface area contributed by atoms with Crippen LogP contribution in [0.25, 0.3) is 11.0 Å². The van der Waals surface area contributed by atoms with E-state index in [1.165, 1.54) is 24.3 Å². The number of nitrogens with one attached hydrogen (secondary N) is 1. The Morgan fingerprint density at radius 3 is 2.58 bits per heavy atom. The average Bonchev–Trinajstić information content (AvgIpc) is 2.67. The monoisotopic (exact) mass is 427 g/mol. The van der Waals surface area contributed by atoms with Gasteiger partial charge in [0.2, 0.25) is 11.8 Å². The number of hydrogen-bond donors (Lipinski definition) is 4. The third-order valence-electron chi connectivity index (χ3n) is 4.52. The van der Waals surface area contributed by atoms with E-state index in [2.05, 4.69) is 5.32 Å². The summed E-state index contributed by atoms with van der Waals surface area (Å²) >= 11 is 0. The summed E-state index contributed by atoms with van der Waals surface area (Å²) in [6.45, 7) is 0. The molecule has 0 unspecified atom stereocenters. The Balaban J connectivity index is 1.80. The number of rotatable bonds is 7. The van der Waals surface area contributed by atoms with E-state index in [0.29, 0.717) is 16.5 Å². The van der Waals surface area contributed by atoms with Gasteiger partial charge < -0.3 is 25.7 Å². The van der Waals surface area contributed by atoms with Crippen LogP contribution in [0.5, 0.6) is 11.5 Å². The molecule has 0 saturated heterocycles. The molecule has 3 rings (SSSR count). The average molecular weight is 427 g/mol. The van der Waals surface area contributed by atoms with Crippen LogP contribution in [-0.2, 0) is 22.4 Å². The number of phenols is 2. The fraction of sp³-hybridized carbons (Fsp3) is 0.150. The van der Waals surface area contributed by atoms with E-state index >= 15 is 0 Å². The standard InChI is InChI=1S/C20H17N3O8/c21-20(28)14(5-10-1-4-16(25)15(6-10)23(29)30)22-18(26)7-11-8-19(27)31-17-9-12(24)2-3-13(11)17/h1-4,6,8-9,14,24-25H,5,7H2,(H2,21,28)(H,22,26)/t14-/m0/s1. The third kappa shape index (κ3) is 4.96. The summed E-state index contributed by atoms with van der Waals surface area (Å²) in [6.07, 6.45) is -0.430. The van der Waals surface area contributed by atoms with E-state index < -0.39 is 39.8 Å². The summed E-state index contributed by atoms with van der Waals surface area (Å²) < 4.78 is 5.01. The van der Waals surface area contributed by atoms with E-state index in [-0.39, 0.29) is 24.2 Å². The van der Waals surface area contributed by atoms with Gasteiger partial charge in [0.1, 0.15) is 17.4 Å². The highest BCUT2D eigenvalue weighted by Gasteiger charge is 2.22. The van der Waals surface area contributed by atoms with Crippen LogP contribution in [0, 0.1) is 10.1 Å². The van der Waals surface area contributed by atoms with Crippen molar-refractivity contribution in [1.82, 2.24) is 5.32 Å². The first kappa shape index (κ1) is 21.3. The lowest BCUT2D eigenvalue weighted by Crippen LogP contribution is -2.46. The first-order chi connectivity index (χ1) is 14.6. The quantitative estimate of drug-likeness (QED) is 0.243. The van der Waals surface area contributed by atoms with Crippen LogP contribution in [0.1, 0.15) is 11.1 Å². The van der Waals surface area contributed by atoms with Gasteiger partial charge in [0, 0.05) is 30.0 Å². The lowest BCUT2D eigenvalue weighted by Gasteiger charge is -2.16. The van der Waals surface area contributed by atoms with Gasteiger partial charge in [-0.2, -0.15) is 0 Å². The molecule has 0 aliphatic heterocycles. The number of phenolic OH excluding ortho intramolecular Hbond substituents is 2. The number of benzene rings is 2. The second kappa shape index (κ2) is 8.53. The number of carbonyl (C=O) groups is 2. The molecule has 160 valence electrons. The van der Waals surface area contributed by atoms with Gasteiger partial charge in [-0.15, -0.1) is 0 Å². The molecule has 0 aliphatic carbocycles. The van der Waals surface area contributed by atoms with E-state index in [0.717, 1.165) is 18.2 Å². The minimum Gasteiger partial charge on any atom is -0.508 e. The number of hydrogen-bond acceptors (Lipinski definition) is 8. The normalized spacial score (nSPS) is 11.7. The van der Waals surface area contributed by atoms with E-state index in [4.69, 9.17) is 10.2 Å². The van der Waals surface area contributed by atoms with Crippen LogP contribution in [0.15, 0.2) is 51.7 Å². The number of amides is 2. The van der Waals surface area contributed by atoms with Gasteiger partial charge >= 0.3 is 11.3 Å². The maximum atomic E-state index is 12.5. The van der Waals surface area contributed by atoms with Gasteiger partial charge in [0.05, 0.1) is 11.3 Å². The highest BCUT2D eigenvalue weighted by atomic mass is 16.6. The van der Waals surface area contributed by atoms with Crippen LogP contribution in [0.3, 0.4) is 0 Å². The Hall–Kier alpha value is -4.41. The maximum Gasteiger partial charge on any atom is 0.336 e. The summed E-state index contributed by atoms with van der Waals surface area (Å²) in [6, 6.07) is 7.59. The van der Waals surface area contributed by atoms with Gasteiger partial charge in [-0.05, 0) is 29.3 Å². The largest absolute Gasteiger partial charge is 0.508 e. The molecule has 5 N–H and O–H groups in total. The highest BCUT2D eigenvalue weighted by Crippen LogP contribution is 2.27. The molecular weight excluding hydrogens is 410 g/mol. The molecule has 0 bridgehead atoms. The van der Waals surface area contributed by atoms with Crippen molar-refractivity contribution in [2.24, 2.45) is 5.73 Å². The molecule has 0 fully saturated rings. The van der Waals surface area contributed by atoms with Crippen LogP contribution in [-0.4, -0.2) is 33.0 Å². The Labute approximate surface area is 173 Å². The zero-order valence-corrected chi connectivity index (χ0v) is 15.9. The Kier molecular flexibility index (Phi) is 5.86. The van der Waals surface area contributed by atoms with Crippen molar-refractivity contribution < 1.29 is 29.1 Å². The topological polar surface area (TPSA) is 186 Å². The zero-order chi connectivity index (χ0) is 22.7. The Morgan fingerprint density at radius 1 is 1.16 bits per heavy atom. The van der Waals surface area contributed by atoms with Crippen LogP contribution in [0.4, 0.5) is 5.69 Å². The highest BCUT2D eigenvalue weighted by molar-refractivity contribution is 5.91. The minimum absolute atomic E-state index is 0.0955. The van der Waals surface area contributed by atoms with Crippen molar-refractivity contribution in [1.29, 1.82) is 0 Å². The van der Waals surface area contributed by atoms with Crippen molar-refractivity contribution >= 4 is 28.5 Å². The fourth-order valence-corrected chi connectivity index (χ4v) is 3.08. The number of aromatic hydroxyl groups is 2. The maximum absolute atomic E-state index is 12.5. The molecule has 1 atom stereocenters. The van der Waals surface area contributed by atoms with Gasteiger partial charge in [-0.1, -0.05) is 6.07 Å². The van der Waals surface area contributed by atoms with Gasteiger partial charge in [-0.3, -0.25) is 19.7 Å². The zero-order valence-electron chi connectivity index (χ0n) is 15.9. The number of carbonyl (C=O) groups excluding carboxylic acids is 2. The number of nitrogens with two attached hydrogens (primary N) is 1. The van der Waals surface area contributed by atoms with Crippen molar-refractivity contribution in [2.45, 2.75) is 18.9 Å². The Morgan fingerprint density at radius 2 is 1.90 bits per heavy atom. The molecular formula is C20H17N3O8. The molecule has 2 amide bonds. The number of nitro benzene ring substituents is 1. The van der Waals surface area contributed by atoms with Crippen molar-refractivity contribution in [3.05, 3.63) is 74.1 Å². The minimum atomic E-state index is -1.19. The number of primary amides is 1. The molecule has 0 radical (unpaired) electrons. The van der Waals surface area contributed by atoms with E-state index in [1.54, 1.807) is 0 Å². The number of nitro groups is 1. The molecule has 3 aromatic rings. The molecule has 0 spiro atoms. The van der Waals surface area contributed by atoms with Gasteiger partial charge in [-0.25, -0.2) is 4.79 Å². The van der Waals surface area contributed by atoms with Crippen molar-refractivity contribution in [3.63, 3.8) is 0 Å². The number of fused-ring (bicyclic) bond motifs is 1. The predicted octanol–water partition coefficient (Wildman–Crippen LogP) is 0.868. The molecule has 11 heteroatoms. The first-order valence-electron chi connectivity index (χ1n) is 8.94. The summed E-state index contributed by atoms with van der Waals surface area (Å²) in [5.74, 6) is -2.15. The second-order valence-electron chi connectivity index (χ2n) is 6.75. The summed E-state index contributed by atoms with van der Waals surface area (Å²) in [4.78, 5) is 46.3. The lowest BCUT2D eigenvalue weighted by molar-refractivity contribution is -0.385. The Bertz CT molecular complexity index is 1250. The smallest absolute Gasteiger partial charge is 0.336 e. The van der Waals surface area contributed by atoms with E-state index in [1.807, 2.05) is 0 Å². The van der Waals surface area contributed by atoms with Crippen LogP contribution in [0.2, 0.25) is 0 Å². The molecule has 11 nitrogen and oxygen atoms in total. The summed E-state index contributed by atoms with van der Waals surface area (Å²) in [5.41, 5.74) is 4.80. The van der Waals surface area contributed by atoms with Gasteiger partial charge in [0.25, 0.3) is 0 Å². The number of nitrogens with zero attached hydrogens (tertiary/aromatic N) is 1. The first-order valence-corrected chi connectivity index (χ1v) is 8.94. The van der Waals surface area contributed by atoms with E-state index in [9.17, 15) is 34.7 Å². The fourth-order valence-electron chi connectivity index (χ4n) is 3.08.